The number of imidazole rings is 1. The molecule has 3 nitrogen and oxygen atoms in total. The minimum absolute atomic E-state index is 0.530. The Kier molecular flexibility index (Phi) is 3.37. The molecule has 0 saturated carbocycles. The predicted molar refractivity (Wildman–Crippen MR) is 63.0 cm³/mol. The van der Waals surface area contributed by atoms with Crippen LogP contribution in [0.3, 0.4) is 0 Å². The van der Waals surface area contributed by atoms with Crippen LogP contribution >= 0.6 is 0 Å². The molecule has 84 valence electrons. The SMILES string of the molecule is CCn1ccnc1C(O)Cc1ccccc1. The van der Waals surface area contributed by atoms with Gasteiger partial charge in [0.15, 0.2) is 0 Å². The molecule has 0 saturated heterocycles. The number of aromatic nitrogens is 2. The molecular formula is C13H16N2O. The van der Waals surface area contributed by atoms with Crippen LogP contribution in [0.4, 0.5) is 0 Å². The van der Waals surface area contributed by atoms with E-state index >= 15 is 0 Å². The minimum Gasteiger partial charge on any atom is -0.385 e. The summed E-state index contributed by atoms with van der Waals surface area (Å²) in [6.45, 7) is 2.88. The van der Waals surface area contributed by atoms with E-state index in [-0.39, 0.29) is 0 Å². The minimum atomic E-state index is -0.530. The summed E-state index contributed by atoms with van der Waals surface area (Å²) in [4.78, 5) is 4.20. The number of aliphatic hydroxyl groups is 1. The average molecular weight is 216 g/mol. The van der Waals surface area contributed by atoms with Crippen molar-refractivity contribution in [1.82, 2.24) is 9.55 Å². The molecule has 1 atom stereocenters. The van der Waals surface area contributed by atoms with Crippen molar-refractivity contribution in [2.75, 3.05) is 0 Å². The average Bonchev–Trinajstić information content (AvgIpc) is 2.78. The molecule has 0 radical (unpaired) electrons. The van der Waals surface area contributed by atoms with Gasteiger partial charge < -0.3 is 9.67 Å². The van der Waals surface area contributed by atoms with Gasteiger partial charge in [0, 0.05) is 25.4 Å². The first-order valence-corrected chi connectivity index (χ1v) is 5.54. The smallest absolute Gasteiger partial charge is 0.137 e. The highest BCUT2D eigenvalue weighted by molar-refractivity contribution is 5.16. The van der Waals surface area contributed by atoms with E-state index in [0.29, 0.717) is 6.42 Å². The number of hydrogen-bond acceptors (Lipinski definition) is 2. The van der Waals surface area contributed by atoms with Crippen LogP contribution in [0.5, 0.6) is 0 Å². The van der Waals surface area contributed by atoms with Gasteiger partial charge in [-0.1, -0.05) is 30.3 Å². The highest BCUT2D eigenvalue weighted by atomic mass is 16.3. The third kappa shape index (κ3) is 2.31. The Bertz CT molecular complexity index is 436. The van der Waals surface area contributed by atoms with Crippen LogP contribution in [-0.2, 0) is 13.0 Å². The number of aryl methyl sites for hydroxylation is 1. The molecule has 1 heterocycles. The lowest BCUT2D eigenvalue weighted by Crippen LogP contribution is -2.09. The second kappa shape index (κ2) is 4.94. The van der Waals surface area contributed by atoms with Crippen molar-refractivity contribution >= 4 is 0 Å². The molecule has 1 aromatic heterocycles. The number of nitrogens with zero attached hydrogens (tertiary/aromatic N) is 2. The molecule has 0 bridgehead atoms. The lowest BCUT2D eigenvalue weighted by molar-refractivity contribution is 0.164. The second-order valence-electron chi connectivity index (χ2n) is 3.78. The van der Waals surface area contributed by atoms with E-state index in [2.05, 4.69) is 4.98 Å². The molecule has 3 heteroatoms. The largest absolute Gasteiger partial charge is 0.385 e. The van der Waals surface area contributed by atoms with Crippen LogP contribution in [0.25, 0.3) is 0 Å². The van der Waals surface area contributed by atoms with E-state index in [4.69, 9.17) is 0 Å². The second-order valence-corrected chi connectivity index (χ2v) is 3.78. The van der Waals surface area contributed by atoms with Crippen molar-refractivity contribution < 1.29 is 5.11 Å². The highest BCUT2D eigenvalue weighted by Crippen LogP contribution is 2.16. The van der Waals surface area contributed by atoms with E-state index in [9.17, 15) is 5.11 Å². The first-order valence-electron chi connectivity index (χ1n) is 5.54. The molecule has 2 aromatic rings. The van der Waals surface area contributed by atoms with Gasteiger partial charge in [0.2, 0.25) is 0 Å². The molecule has 1 aromatic carbocycles. The maximum atomic E-state index is 10.1. The van der Waals surface area contributed by atoms with Gasteiger partial charge in [0.1, 0.15) is 11.9 Å². The summed E-state index contributed by atoms with van der Waals surface area (Å²) in [6, 6.07) is 9.97. The number of benzene rings is 1. The Labute approximate surface area is 95.4 Å². The van der Waals surface area contributed by atoms with Gasteiger partial charge in [-0.15, -0.1) is 0 Å². The molecule has 0 aliphatic rings. The van der Waals surface area contributed by atoms with E-state index < -0.39 is 6.10 Å². The normalized spacial score (nSPS) is 12.6. The number of hydrogen-bond donors (Lipinski definition) is 1. The first-order chi connectivity index (χ1) is 7.81. The summed E-state index contributed by atoms with van der Waals surface area (Å²) in [5, 5.41) is 10.1. The summed E-state index contributed by atoms with van der Waals surface area (Å²) in [6.07, 6.45) is 3.70. The van der Waals surface area contributed by atoms with Crippen molar-refractivity contribution in [2.45, 2.75) is 26.0 Å². The zero-order chi connectivity index (χ0) is 11.4. The van der Waals surface area contributed by atoms with Crippen LogP contribution in [0, 0.1) is 0 Å². The lowest BCUT2D eigenvalue weighted by atomic mass is 10.1. The van der Waals surface area contributed by atoms with E-state index in [1.165, 1.54) is 0 Å². The van der Waals surface area contributed by atoms with Gasteiger partial charge in [-0.3, -0.25) is 0 Å². The van der Waals surface area contributed by atoms with Gasteiger partial charge in [0.25, 0.3) is 0 Å². The molecule has 0 aliphatic carbocycles. The quantitative estimate of drug-likeness (QED) is 0.850. The zero-order valence-electron chi connectivity index (χ0n) is 9.37. The summed E-state index contributed by atoms with van der Waals surface area (Å²) in [5.74, 6) is 0.742. The van der Waals surface area contributed by atoms with Crippen molar-refractivity contribution in [3.8, 4) is 0 Å². The molecular weight excluding hydrogens is 200 g/mol. The molecule has 0 spiro atoms. The highest BCUT2D eigenvalue weighted by Gasteiger charge is 2.13. The summed E-state index contributed by atoms with van der Waals surface area (Å²) >= 11 is 0. The Morgan fingerprint density at radius 3 is 2.75 bits per heavy atom. The van der Waals surface area contributed by atoms with Crippen LogP contribution < -0.4 is 0 Å². The van der Waals surface area contributed by atoms with E-state index in [1.54, 1.807) is 6.20 Å². The molecule has 1 unspecified atom stereocenters. The van der Waals surface area contributed by atoms with Gasteiger partial charge in [-0.05, 0) is 12.5 Å². The van der Waals surface area contributed by atoms with Gasteiger partial charge in [-0.2, -0.15) is 0 Å². The molecule has 1 N–H and O–H groups in total. The predicted octanol–water partition coefficient (Wildman–Crippen LogP) is 2.18. The fourth-order valence-electron chi connectivity index (χ4n) is 1.81. The summed E-state index contributed by atoms with van der Waals surface area (Å²) in [5.41, 5.74) is 1.13. The zero-order valence-corrected chi connectivity index (χ0v) is 9.37. The maximum Gasteiger partial charge on any atom is 0.137 e. The first kappa shape index (κ1) is 10.9. The Morgan fingerprint density at radius 1 is 1.31 bits per heavy atom. The molecule has 0 aliphatic heterocycles. The molecule has 0 amide bonds. The summed E-state index contributed by atoms with van der Waals surface area (Å²) in [7, 11) is 0. The van der Waals surface area contributed by atoms with Crippen LogP contribution in [0.2, 0.25) is 0 Å². The van der Waals surface area contributed by atoms with Crippen molar-refractivity contribution in [1.29, 1.82) is 0 Å². The number of aliphatic hydroxyl groups excluding tert-OH is 1. The van der Waals surface area contributed by atoms with Crippen LogP contribution in [0.15, 0.2) is 42.7 Å². The van der Waals surface area contributed by atoms with Gasteiger partial charge in [0.05, 0.1) is 0 Å². The van der Waals surface area contributed by atoms with E-state index in [1.807, 2.05) is 48.0 Å². The Morgan fingerprint density at radius 2 is 2.06 bits per heavy atom. The van der Waals surface area contributed by atoms with Crippen LogP contribution in [0.1, 0.15) is 24.4 Å². The summed E-state index contributed by atoms with van der Waals surface area (Å²) < 4.78 is 1.97. The fourth-order valence-corrected chi connectivity index (χ4v) is 1.81. The van der Waals surface area contributed by atoms with E-state index in [0.717, 1.165) is 17.9 Å². The Hall–Kier alpha value is -1.61. The maximum absolute atomic E-state index is 10.1. The monoisotopic (exact) mass is 216 g/mol. The van der Waals surface area contributed by atoms with Gasteiger partial charge >= 0.3 is 0 Å². The third-order valence-electron chi connectivity index (χ3n) is 2.66. The standard InChI is InChI=1S/C13H16N2O/c1-2-15-9-8-14-13(15)12(16)10-11-6-4-3-5-7-11/h3-9,12,16H,2,10H2,1H3. The number of rotatable bonds is 4. The van der Waals surface area contributed by atoms with Crippen molar-refractivity contribution in [3.05, 3.63) is 54.1 Å². The van der Waals surface area contributed by atoms with Crippen molar-refractivity contribution in [3.63, 3.8) is 0 Å². The molecule has 0 fully saturated rings. The molecule has 2 rings (SSSR count). The molecule has 16 heavy (non-hydrogen) atoms. The fraction of sp³-hybridized carbons (Fsp3) is 0.308. The van der Waals surface area contributed by atoms with Crippen molar-refractivity contribution in [2.24, 2.45) is 0 Å². The lowest BCUT2D eigenvalue weighted by Gasteiger charge is -2.11. The van der Waals surface area contributed by atoms with Crippen LogP contribution in [-0.4, -0.2) is 14.7 Å². The third-order valence-corrected chi connectivity index (χ3v) is 2.66. The van der Waals surface area contributed by atoms with Gasteiger partial charge in [-0.25, -0.2) is 4.98 Å². The Balaban J connectivity index is 2.11. The topological polar surface area (TPSA) is 38.0 Å².